The second-order valence-corrected chi connectivity index (χ2v) is 5.86. The van der Waals surface area contributed by atoms with Crippen molar-refractivity contribution in [3.8, 4) is 0 Å². The van der Waals surface area contributed by atoms with Gasteiger partial charge in [0.15, 0.2) is 0 Å². The van der Waals surface area contributed by atoms with Crippen LogP contribution in [0.2, 0.25) is 0 Å². The predicted octanol–water partition coefficient (Wildman–Crippen LogP) is 3.71. The molecule has 2 heterocycles. The third-order valence-corrected chi connectivity index (χ3v) is 4.30. The van der Waals surface area contributed by atoms with Crippen molar-refractivity contribution in [3.05, 3.63) is 53.2 Å². The van der Waals surface area contributed by atoms with Gasteiger partial charge < -0.3 is 10.6 Å². The smallest absolute Gasteiger partial charge is 0.261 e. The quantitative estimate of drug-likeness (QED) is 0.775. The van der Waals surface area contributed by atoms with Gasteiger partial charge in [0.1, 0.15) is 0 Å². The van der Waals surface area contributed by atoms with Crippen molar-refractivity contribution in [1.82, 2.24) is 10.3 Å². The zero-order valence-corrected chi connectivity index (χ0v) is 12.6. The molecule has 106 valence electrons. The topological polar surface area (TPSA) is 54.0 Å². The number of hydrogen-bond acceptors (Lipinski definition) is 4. The van der Waals surface area contributed by atoms with Gasteiger partial charge >= 0.3 is 0 Å². The lowest BCUT2D eigenvalue weighted by molar-refractivity contribution is 0.0967. The molecule has 5 heteroatoms. The van der Waals surface area contributed by atoms with Gasteiger partial charge in [-0.25, -0.2) is 0 Å². The molecule has 0 aliphatic carbocycles. The van der Waals surface area contributed by atoms with Crippen molar-refractivity contribution in [2.45, 2.75) is 6.92 Å². The third kappa shape index (κ3) is 2.73. The first-order valence-corrected chi connectivity index (χ1v) is 7.42. The van der Waals surface area contributed by atoms with E-state index in [0.717, 1.165) is 21.5 Å². The largest absolute Gasteiger partial charge is 0.354 e. The molecule has 21 heavy (non-hydrogen) atoms. The summed E-state index contributed by atoms with van der Waals surface area (Å²) in [7, 11) is 1.64. The number of hydrogen-bond donors (Lipinski definition) is 2. The Balaban J connectivity index is 2.00. The van der Waals surface area contributed by atoms with Crippen molar-refractivity contribution in [2.75, 3.05) is 12.4 Å². The van der Waals surface area contributed by atoms with E-state index in [1.165, 1.54) is 16.9 Å². The minimum atomic E-state index is -0.0718. The van der Waals surface area contributed by atoms with Gasteiger partial charge in [0.25, 0.3) is 5.91 Å². The monoisotopic (exact) mass is 297 g/mol. The van der Waals surface area contributed by atoms with Crippen molar-refractivity contribution in [3.63, 3.8) is 0 Å². The first kappa shape index (κ1) is 13.6. The summed E-state index contributed by atoms with van der Waals surface area (Å²) in [4.78, 5) is 16.7. The third-order valence-electron chi connectivity index (χ3n) is 3.23. The number of carbonyl (C=O) groups is 1. The number of benzene rings is 1. The molecule has 3 rings (SSSR count). The fourth-order valence-corrected chi connectivity index (χ4v) is 3.09. The second-order valence-electron chi connectivity index (χ2n) is 4.78. The normalized spacial score (nSPS) is 10.6. The first-order valence-electron chi connectivity index (χ1n) is 6.60. The summed E-state index contributed by atoms with van der Waals surface area (Å²) in [6.45, 7) is 2.06. The molecule has 0 atom stereocenters. The average molecular weight is 297 g/mol. The highest BCUT2D eigenvalue weighted by Gasteiger charge is 2.11. The second kappa shape index (κ2) is 5.54. The zero-order chi connectivity index (χ0) is 14.8. The molecule has 0 fully saturated rings. The summed E-state index contributed by atoms with van der Waals surface area (Å²) in [5, 5.41) is 7.01. The van der Waals surface area contributed by atoms with Gasteiger partial charge in [-0.3, -0.25) is 9.78 Å². The molecule has 0 aliphatic rings. The van der Waals surface area contributed by atoms with Crippen molar-refractivity contribution in [1.29, 1.82) is 0 Å². The van der Waals surface area contributed by atoms with E-state index in [1.54, 1.807) is 19.4 Å². The Morgan fingerprint density at radius 2 is 1.95 bits per heavy atom. The number of nitrogens with one attached hydrogen (secondary N) is 2. The molecule has 2 aromatic heterocycles. The number of thiophene rings is 1. The molecule has 3 aromatic rings. The van der Waals surface area contributed by atoms with Crippen LogP contribution in [0.3, 0.4) is 0 Å². The standard InChI is InChI=1S/C16H15N3OS/c1-10-3-5-11(6-4-10)19-13-8-18-9-15-12(13)7-14(21-15)16(20)17-2/h3-9,19H,1-2H3,(H,17,20). The van der Waals surface area contributed by atoms with E-state index >= 15 is 0 Å². The van der Waals surface area contributed by atoms with Crippen LogP contribution in [0.1, 0.15) is 15.2 Å². The van der Waals surface area contributed by atoms with Gasteiger partial charge in [-0.2, -0.15) is 0 Å². The van der Waals surface area contributed by atoms with Crippen LogP contribution in [0.15, 0.2) is 42.7 Å². The number of nitrogens with zero attached hydrogens (tertiary/aromatic N) is 1. The molecule has 0 saturated heterocycles. The first-order chi connectivity index (χ1) is 10.2. The van der Waals surface area contributed by atoms with Gasteiger partial charge in [-0.15, -0.1) is 11.3 Å². The average Bonchev–Trinajstić information content (AvgIpc) is 2.94. The van der Waals surface area contributed by atoms with E-state index in [2.05, 4.69) is 34.7 Å². The SMILES string of the molecule is CNC(=O)c1cc2c(Nc3ccc(C)cc3)cncc2s1. The molecule has 0 unspecified atom stereocenters. The van der Waals surface area contributed by atoms with Gasteiger partial charge in [-0.05, 0) is 25.1 Å². The molecule has 0 bridgehead atoms. The van der Waals surface area contributed by atoms with E-state index in [-0.39, 0.29) is 5.91 Å². The van der Waals surface area contributed by atoms with Crippen LogP contribution in [0, 0.1) is 6.92 Å². The lowest BCUT2D eigenvalue weighted by atomic mass is 10.2. The maximum Gasteiger partial charge on any atom is 0.261 e. The summed E-state index contributed by atoms with van der Waals surface area (Å²) in [6.07, 6.45) is 3.56. The summed E-state index contributed by atoms with van der Waals surface area (Å²) in [6, 6.07) is 10.1. The van der Waals surface area contributed by atoms with Gasteiger partial charge in [0, 0.05) is 24.3 Å². The molecular formula is C16H15N3OS. The Morgan fingerprint density at radius 3 is 2.67 bits per heavy atom. The van der Waals surface area contributed by atoms with Crippen LogP contribution in [0.4, 0.5) is 11.4 Å². The van der Waals surface area contributed by atoms with E-state index in [0.29, 0.717) is 4.88 Å². The number of fused-ring (bicyclic) bond motifs is 1. The van der Waals surface area contributed by atoms with Crippen LogP contribution in [-0.2, 0) is 0 Å². The van der Waals surface area contributed by atoms with E-state index < -0.39 is 0 Å². The number of rotatable bonds is 3. The highest BCUT2D eigenvalue weighted by Crippen LogP contribution is 2.32. The molecule has 2 N–H and O–H groups in total. The highest BCUT2D eigenvalue weighted by atomic mass is 32.1. The number of anilines is 2. The van der Waals surface area contributed by atoms with Crippen LogP contribution < -0.4 is 10.6 Å². The number of aryl methyl sites for hydroxylation is 1. The van der Waals surface area contributed by atoms with Crippen LogP contribution in [-0.4, -0.2) is 17.9 Å². The molecule has 1 amide bonds. The maximum absolute atomic E-state index is 11.7. The maximum atomic E-state index is 11.7. The van der Waals surface area contributed by atoms with Crippen molar-refractivity contribution < 1.29 is 4.79 Å². The predicted molar refractivity (Wildman–Crippen MR) is 87.5 cm³/mol. The lowest BCUT2D eigenvalue weighted by Crippen LogP contribution is -2.15. The fourth-order valence-electron chi connectivity index (χ4n) is 2.09. The Bertz CT molecular complexity index is 793. The van der Waals surface area contributed by atoms with E-state index in [9.17, 15) is 4.79 Å². The van der Waals surface area contributed by atoms with Crippen LogP contribution >= 0.6 is 11.3 Å². The van der Waals surface area contributed by atoms with Crippen LogP contribution in [0.25, 0.3) is 10.1 Å². The molecule has 0 aliphatic heterocycles. The van der Waals surface area contributed by atoms with Gasteiger partial charge in [-0.1, -0.05) is 17.7 Å². The Hall–Kier alpha value is -2.40. The Labute approximate surface area is 126 Å². The van der Waals surface area contributed by atoms with Crippen molar-refractivity contribution >= 4 is 38.7 Å². The minimum absolute atomic E-state index is 0.0718. The fraction of sp³-hybridized carbons (Fsp3) is 0.125. The molecule has 0 saturated carbocycles. The Kier molecular flexibility index (Phi) is 3.58. The summed E-state index contributed by atoms with van der Waals surface area (Å²) in [5.74, 6) is -0.0718. The summed E-state index contributed by atoms with van der Waals surface area (Å²) < 4.78 is 0.991. The summed E-state index contributed by atoms with van der Waals surface area (Å²) in [5.41, 5.74) is 3.12. The van der Waals surface area contributed by atoms with Gasteiger partial charge in [0.2, 0.25) is 0 Å². The molecule has 0 radical (unpaired) electrons. The zero-order valence-electron chi connectivity index (χ0n) is 11.8. The number of aromatic nitrogens is 1. The van der Waals surface area contributed by atoms with E-state index in [1.807, 2.05) is 18.2 Å². The van der Waals surface area contributed by atoms with Crippen LogP contribution in [0.5, 0.6) is 0 Å². The van der Waals surface area contributed by atoms with Gasteiger partial charge in [0.05, 0.1) is 21.5 Å². The summed E-state index contributed by atoms with van der Waals surface area (Å²) >= 11 is 1.44. The highest BCUT2D eigenvalue weighted by molar-refractivity contribution is 7.20. The number of amides is 1. The lowest BCUT2D eigenvalue weighted by Gasteiger charge is -2.07. The minimum Gasteiger partial charge on any atom is -0.354 e. The molecule has 4 nitrogen and oxygen atoms in total. The molecule has 1 aromatic carbocycles. The molecular weight excluding hydrogens is 282 g/mol. The van der Waals surface area contributed by atoms with Crippen molar-refractivity contribution in [2.24, 2.45) is 0 Å². The molecule has 0 spiro atoms. The van der Waals surface area contributed by atoms with E-state index in [4.69, 9.17) is 0 Å². The number of pyridine rings is 1. The number of carbonyl (C=O) groups excluding carboxylic acids is 1. The Morgan fingerprint density at radius 1 is 1.19 bits per heavy atom.